The highest BCUT2D eigenvalue weighted by Crippen LogP contribution is 2.36. The number of hydrogen-bond donors (Lipinski definition) is 2. The first-order valence-electron chi connectivity index (χ1n) is 10.1. The van der Waals surface area contributed by atoms with E-state index in [2.05, 4.69) is 11.4 Å². The van der Waals surface area contributed by atoms with Gasteiger partial charge < -0.3 is 19.3 Å². The summed E-state index contributed by atoms with van der Waals surface area (Å²) in [6, 6.07) is 0. The molecule has 0 aliphatic rings. The van der Waals surface area contributed by atoms with E-state index < -0.39 is 26.5 Å². The summed E-state index contributed by atoms with van der Waals surface area (Å²) in [7, 11) is -4.63. The molecule has 0 heterocycles. The maximum Gasteiger partial charge on any atom is 0.469 e. The first-order valence-corrected chi connectivity index (χ1v) is 11.7. The van der Waals surface area contributed by atoms with E-state index in [0.29, 0.717) is 0 Å². The van der Waals surface area contributed by atoms with Crippen molar-refractivity contribution in [2.75, 3.05) is 6.61 Å². The van der Waals surface area contributed by atoms with Crippen LogP contribution in [0.15, 0.2) is 0 Å². The summed E-state index contributed by atoms with van der Waals surface area (Å²) >= 11 is 0. The number of carbonyl (C=O) groups is 2. The molecule has 0 spiro atoms. The summed E-state index contributed by atoms with van der Waals surface area (Å²) in [6.45, 7) is 3.20. The third-order valence-electron chi connectivity index (χ3n) is 4.28. The van der Waals surface area contributed by atoms with Crippen LogP contribution in [0.25, 0.3) is 0 Å². The number of Topliss-reactive ketones (excluding diaryl/α,β-unsaturated/α-hetero) is 1. The van der Waals surface area contributed by atoms with Gasteiger partial charge in [-0.25, -0.2) is 4.57 Å². The first-order chi connectivity index (χ1) is 12.7. The van der Waals surface area contributed by atoms with Crippen LogP contribution in [-0.4, -0.2) is 34.3 Å². The Bertz CT molecular complexity index is 447. The van der Waals surface area contributed by atoms with E-state index in [9.17, 15) is 14.2 Å². The molecule has 0 aromatic rings. The molecule has 0 aliphatic heterocycles. The molecule has 8 heteroatoms. The largest absolute Gasteiger partial charge is 0.469 e. The molecule has 0 rings (SSSR count). The smallest absolute Gasteiger partial charge is 0.460 e. The van der Waals surface area contributed by atoms with E-state index in [1.807, 2.05) is 0 Å². The van der Waals surface area contributed by atoms with Gasteiger partial charge in [0.05, 0.1) is 6.61 Å². The Labute approximate surface area is 163 Å². The lowest BCUT2D eigenvalue weighted by Crippen LogP contribution is -2.24. The van der Waals surface area contributed by atoms with E-state index in [1.165, 1.54) is 51.9 Å². The van der Waals surface area contributed by atoms with Crippen LogP contribution < -0.4 is 0 Å². The minimum absolute atomic E-state index is 0.0816. The van der Waals surface area contributed by atoms with Crippen molar-refractivity contribution in [2.45, 2.75) is 103 Å². The molecular weight excluding hydrogens is 371 g/mol. The average Bonchev–Trinajstić information content (AvgIpc) is 2.58. The van der Waals surface area contributed by atoms with Crippen LogP contribution in [-0.2, 0) is 23.4 Å². The third kappa shape index (κ3) is 19.8. The highest BCUT2D eigenvalue weighted by molar-refractivity contribution is 7.46. The third-order valence-corrected chi connectivity index (χ3v) is 4.76. The van der Waals surface area contributed by atoms with Gasteiger partial charge in [-0.3, -0.25) is 9.32 Å². The van der Waals surface area contributed by atoms with Crippen LogP contribution >= 0.6 is 7.82 Å². The van der Waals surface area contributed by atoms with Gasteiger partial charge in [-0.1, -0.05) is 64.7 Å². The summed E-state index contributed by atoms with van der Waals surface area (Å²) in [5.41, 5.74) is 0. The van der Waals surface area contributed by atoms with Gasteiger partial charge in [0.25, 0.3) is 0 Å². The molecule has 0 bridgehead atoms. The van der Waals surface area contributed by atoms with Gasteiger partial charge in [0.2, 0.25) is 0 Å². The van der Waals surface area contributed by atoms with Crippen molar-refractivity contribution < 1.29 is 33.2 Å². The van der Waals surface area contributed by atoms with E-state index in [-0.39, 0.29) is 25.0 Å². The Morgan fingerprint density at radius 1 is 0.889 bits per heavy atom. The molecule has 0 amide bonds. The van der Waals surface area contributed by atoms with Crippen LogP contribution in [0, 0.1) is 0 Å². The zero-order chi connectivity index (χ0) is 20.5. The Balaban J connectivity index is 3.88. The topological polar surface area (TPSA) is 110 Å². The second kappa shape index (κ2) is 16.2. The van der Waals surface area contributed by atoms with Crippen LogP contribution in [0.5, 0.6) is 0 Å². The quantitative estimate of drug-likeness (QED) is 0.192. The SMILES string of the molecule is CCCCCCCCCCCCC(=O)O[C@@H](CCC(C)=O)COP(=O)(O)O. The number of phosphoric ester groups is 1. The summed E-state index contributed by atoms with van der Waals surface area (Å²) in [5.74, 6) is -0.501. The molecular formula is C19H37O7P. The Kier molecular flexibility index (Phi) is 15.8. The summed E-state index contributed by atoms with van der Waals surface area (Å²) in [4.78, 5) is 40.5. The Morgan fingerprint density at radius 3 is 1.89 bits per heavy atom. The van der Waals surface area contributed by atoms with Crippen molar-refractivity contribution in [1.29, 1.82) is 0 Å². The van der Waals surface area contributed by atoms with Crippen LogP contribution in [0.2, 0.25) is 0 Å². The fraction of sp³-hybridized carbons (Fsp3) is 0.895. The molecule has 0 radical (unpaired) electrons. The summed E-state index contributed by atoms with van der Waals surface area (Å²) < 4.78 is 20.4. The molecule has 0 saturated heterocycles. The predicted molar refractivity (Wildman–Crippen MR) is 104 cm³/mol. The number of unbranched alkanes of at least 4 members (excludes halogenated alkanes) is 9. The van der Waals surface area contributed by atoms with Gasteiger partial charge in [0.15, 0.2) is 0 Å². The lowest BCUT2D eigenvalue weighted by atomic mass is 10.1. The summed E-state index contributed by atoms with van der Waals surface area (Å²) in [5, 5.41) is 0. The lowest BCUT2D eigenvalue weighted by molar-refractivity contribution is -0.151. The van der Waals surface area contributed by atoms with E-state index in [0.717, 1.165) is 19.3 Å². The minimum Gasteiger partial charge on any atom is -0.460 e. The fourth-order valence-electron chi connectivity index (χ4n) is 2.72. The van der Waals surface area contributed by atoms with Crippen molar-refractivity contribution >= 4 is 19.6 Å². The fourth-order valence-corrected chi connectivity index (χ4v) is 3.08. The van der Waals surface area contributed by atoms with E-state index in [1.54, 1.807) is 0 Å². The molecule has 0 fully saturated rings. The van der Waals surface area contributed by atoms with E-state index >= 15 is 0 Å². The van der Waals surface area contributed by atoms with E-state index in [4.69, 9.17) is 14.5 Å². The number of rotatable bonds is 18. The van der Waals surface area contributed by atoms with Gasteiger partial charge in [-0.2, -0.15) is 0 Å². The van der Waals surface area contributed by atoms with Gasteiger partial charge in [-0.05, 0) is 19.8 Å². The maximum absolute atomic E-state index is 11.9. The minimum atomic E-state index is -4.63. The average molecular weight is 408 g/mol. The number of phosphoric acid groups is 1. The standard InChI is InChI=1S/C19H37O7P/c1-3-4-5-6-7-8-9-10-11-12-13-19(21)26-18(15-14-17(2)20)16-25-27(22,23)24/h18H,3-16H2,1-2H3,(H2,22,23,24)/t18-/m0/s1. The maximum atomic E-state index is 11.9. The van der Waals surface area contributed by atoms with Crippen molar-refractivity contribution in [2.24, 2.45) is 0 Å². The van der Waals surface area contributed by atoms with Crippen LogP contribution in [0.4, 0.5) is 0 Å². The monoisotopic (exact) mass is 408 g/mol. The Morgan fingerprint density at radius 2 is 1.41 bits per heavy atom. The first kappa shape index (κ1) is 26.2. The molecule has 7 nitrogen and oxygen atoms in total. The van der Waals surface area contributed by atoms with Gasteiger partial charge in [0, 0.05) is 12.8 Å². The van der Waals surface area contributed by atoms with Crippen molar-refractivity contribution in [3.8, 4) is 0 Å². The zero-order valence-electron chi connectivity index (χ0n) is 16.9. The molecule has 27 heavy (non-hydrogen) atoms. The molecule has 0 aromatic carbocycles. The molecule has 0 saturated carbocycles. The second-order valence-corrected chi connectivity index (χ2v) is 8.31. The molecule has 0 aromatic heterocycles. The number of ketones is 1. The number of ether oxygens (including phenoxy) is 1. The molecule has 160 valence electrons. The van der Waals surface area contributed by atoms with Gasteiger partial charge in [0.1, 0.15) is 11.9 Å². The van der Waals surface area contributed by atoms with Crippen molar-refractivity contribution in [1.82, 2.24) is 0 Å². The predicted octanol–water partition coefficient (Wildman–Crippen LogP) is 4.69. The van der Waals surface area contributed by atoms with Crippen LogP contribution in [0.3, 0.4) is 0 Å². The molecule has 1 atom stereocenters. The van der Waals surface area contributed by atoms with Gasteiger partial charge >= 0.3 is 13.8 Å². The lowest BCUT2D eigenvalue weighted by Gasteiger charge is -2.18. The summed E-state index contributed by atoms with van der Waals surface area (Å²) in [6.07, 6.45) is 11.5. The number of carbonyl (C=O) groups excluding carboxylic acids is 2. The molecule has 0 unspecified atom stereocenters. The van der Waals surface area contributed by atoms with Crippen molar-refractivity contribution in [3.05, 3.63) is 0 Å². The normalized spacial score (nSPS) is 12.7. The Hall–Kier alpha value is -0.750. The van der Waals surface area contributed by atoms with Crippen LogP contribution in [0.1, 0.15) is 97.3 Å². The molecule has 0 aliphatic carbocycles. The van der Waals surface area contributed by atoms with Crippen molar-refractivity contribution in [3.63, 3.8) is 0 Å². The highest BCUT2D eigenvalue weighted by Gasteiger charge is 2.21. The highest BCUT2D eigenvalue weighted by atomic mass is 31.2. The number of esters is 1. The van der Waals surface area contributed by atoms with Gasteiger partial charge in [-0.15, -0.1) is 0 Å². The molecule has 2 N–H and O–H groups in total. The number of hydrogen-bond acceptors (Lipinski definition) is 5. The second-order valence-electron chi connectivity index (χ2n) is 7.07. The zero-order valence-corrected chi connectivity index (χ0v) is 17.8.